The van der Waals surface area contributed by atoms with Crippen LogP contribution in [0.1, 0.15) is 34.1 Å². The van der Waals surface area contributed by atoms with Crippen LogP contribution in [0.4, 0.5) is 5.69 Å². The summed E-state index contributed by atoms with van der Waals surface area (Å²) in [6, 6.07) is 6.62. The fourth-order valence-electron chi connectivity index (χ4n) is 2.02. The highest BCUT2D eigenvalue weighted by atomic mass is 35.5. The standard InChI is InChI=1S/C17H14Cl2N2O5/c1-2-13(26-17(25)10-5-6-20-14(19)8-10)15(22)21-12-7-9(16(23)24)3-4-11(12)18/h3-8,13H,2H2,1H3,(H,21,22)(H,23,24). The molecule has 9 heteroatoms. The molecular formula is C17H14Cl2N2O5. The van der Waals surface area contributed by atoms with Crippen LogP contribution < -0.4 is 5.32 Å². The van der Waals surface area contributed by atoms with Crippen molar-refractivity contribution in [2.24, 2.45) is 0 Å². The SMILES string of the molecule is CCC(OC(=O)c1ccnc(Cl)c1)C(=O)Nc1cc(C(=O)O)ccc1Cl. The van der Waals surface area contributed by atoms with Crippen molar-refractivity contribution >= 4 is 46.7 Å². The molecule has 0 spiro atoms. The number of carbonyl (C=O) groups excluding carboxylic acids is 2. The van der Waals surface area contributed by atoms with Crippen LogP contribution in [0.3, 0.4) is 0 Å². The van der Waals surface area contributed by atoms with Gasteiger partial charge in [-0.2, -0.15) is 0 Å². The summed E-state index contributed by atoms with van der Waals surface area (Å²) in [5.74, 6) is -2.53. The number of carboxylic acid groups (broad SMARTS) is 1. The fourth-order valence-corrected chi connectivity index (χ4v) is 2.35. The van der Waals surface area contributed by atoms with E-state index in [0.29, 0.717) is 0 Å². The van der Waals surface area contributed by atoms with Crippen LogP contribution in [-0.4, -0.2) is 34.0 Å². The second-order valence-electron chi connectivity index (χ2n) is 5.16. The van der Waals surface area contributed by atoms with Gasteiger partial charge in [0.05, 0.1) is 21.8 Å². The number of ether oxygens (including phenoxy) is 1. The van der Waals surface area contributed by atoms with Crippen LogP contribution in [0.2, 0.25) is 10.2 Å². The van der Waals surface area contributed by atoms with Gasteiger partial charge in [0.1, 0.15) is 5.15 Å². The summed E-state index contributed by atoms with van der Waals surface area (Å²) < 4.78 is 5.20. The van der Waals surface area contributed by atoms with E-state index in [1.165, 1.54) is 36.5 Å². The zero-order chi connectivity index (χ0) is 19.3. The van der Waals surface area contributed by atoms with Crippen molar-refractivity contribution in [2.75, 3.05) is 5.32 Å². The molecule has 0 aliphatic carbocycles. The summed E-state index contributed by atoms with van der Waals surface area (Å²) in [5, 5.41) is 11.8. The molecule has 0 radical (unpaired) electrons. The minimum absolute atomic E-state index is 0.0406. The average Bonchev–Trinajstić information content (AvgIpc) is 2.60. The molecule has 1 unspecified atom stereocenters. The number of nitrogens with one attached hydrogen (secondary N) is 1. The van der Waals surface area contributed by atoms with Crippen LogP contribution in [0.5, 0.6) is 0 Å². The normalized spacial score (nSPS) is 11.5. The molecular weight excluding hydrogens is 383 g/mol. The van der Waals surface area contributed by atoms with Gasteiger partial charge in [-0.1, -0.05) is 30.1 Å². The van der Waals surface area contributed by atoms with Crippen molar-refractivity contribution in [3.63, 3.8) is 0 Å². The maximum Gasteiger partial charge on any atom is 0.339 e. The van der Waals surface area contributed by atoms with Crippen LogP contribution in [0, 0.1) is 0 Å². The Morgan fingerprint density at radius 1 is 1.19 bits per heavy atom. The summed E-state index contributed by atoms with van der Waals surface area (Å²) in [4.78, 5) is 39.3. The second kappa shape index (κ2) is 8.64. The van der Waals surface area contributed by atoms with Gasteiger partial charge in [0.2, 0.25) is 0 Å². The van der Waals surface area contributed by atoms with Crippen LogP contribution in [0.25, 0.3) is 0 Å². The number of hydrogen-bond acceptors (Lipinski definition) is 5. The van der Waals surface area contributed by atoms with E-state index in [1.807, 2.05) is 0 Å². The number of carboxylic acids is 1. The van der Waals surface area contributed by atoms with Crippen molar-refractivity contribution in [3.8, 4) is 0 Å². The molecule has 0 bridgehead atoms. The lowest BCUT2D eigenvalue weighted by atomic mass is 10.2. The molecule has 2 N–H and O–H groups in total. The minimum Gasteiger partial charge on any atom is -0.478 e. The molecule has 0 aliphatic heterocycles. The Labute approximate surface area is 158 Å². The maximum absolute atomic E-state index is 12.4. The Hall–Kier alpha value is -2.64. The van der Waals surface area contributed by atoms with Crippen molar-refractivity contribution in [1.29, 1.82) is 0 Å². The third-order valence-corrected chi connectivity index (χ3v) is 3.88. The van der Waals surface area contributed by atoms with Gasteiger partial charge in [-0.15, -0.1) is 0 Å². The van der Waals surface area contributed by atoms with Gasteiger partial charge in [-0.3, -0.25) is 4.79 Å². The van der Waals surface area contributed by atoms with Gasteiger partial charge in [0, 0.05) is 6.20 Å². The number of nitrogens with zero attached hydrogens (tertiary/aromatic N) is 1. The molecule has 1 heterocycles. The van der Waals surface area contributed by atoms with Gasteiger partial charge in [0.25, 0.3) is 5.91 Å². The zero-order valence-corrected chi connectivity index (χ0v) is 15.0. The Morgan fingerprint density at radius 3 is 2.54 bits per heavy atom. The van der Waals surface area contributed by atoms with E-state index in [-0.39, 0.29) is 33.4 Å². The summed E-state index contributed by atoms with van der Waals surface area (Å²) in [6.07, 6.45) is 0.447. The molecule has 0 fully saturated rings. The molecule has 2 rings (SSSR count). The lowest BCUT2D eigenvalue weighted by Crippen LogP contribution is -2.32. The number of aromatic carboxylic acids is 1. The first kappa shape index (κ1) is 19.7. The number of pyridine rings is 1. The third kappa shape index (κ3) is 4.93. The highest BCUT2D eigenvalue weighted by Gasteiger charge is 2.23. The monoisotopic (exact) mass is 396 g/mol. The van der Waals surface area contributed by atoms with Crippen molar-refractivity contribution < 1.29 is 24.2 Å². The number of esters is 1. The largest absolute Gasteiger partial charge is 0.478 e. The molecule has 0 saturated carbocycles. The summed E-state index contributed by atoms with van der Waals surface area (Å²) in [6.45, 7) is 1.66. The van der Waals surface area contributed by atoms with Gasteiger partial charge < -0.3 is 15.2 Å². The molecule has 1 amide bonds. The summed E-state index contributed by atoms with van der Waals surface area (Å²) >= 11 is 11.7. The van der Waals surface area contributed by atoms with Gasteiger partial charge in [-0.05, 0) is 36.8 Å². The minimum atomic E-state index is -1.16. The number of rotatable bonds is 6. The first-order chi connectivity index (χ1) is 12.3. The number of benzene rings is 1. The van der Waals surface area contributed by atoms with E-state index < -0.39 is 23.9 Å². The quantitative estimate of drug-likeness (QED) is 0.569. The number of aromatic nitrogens is 1. The Balaban J connectivity index is 2.13. The Kier molecular flexibility index (Phi) is 6.54. The molecule has 7 nitrogen and oxygen atoms in total. The number of halogens is 2. The maximum atomic E-state index is 12.4. The Bertz CT molecular complexity index is 857. The van der Waals surface area contributed by atoms with Gasteiger partial charge in [-0.25, -0.2) is 14.6 Å². The predicted octanol–water partition coefficient (Wildman–Crippen LogP) is 3.66. The smallest absolute Gasteiger partial charge is 0.339 e. The van der Waals surface area contributed by atoms with Crippen LogP contribution in [-0.2, 0) is 9.53 Å². The Morgan fingerprint density at radius 2 is 1.92 bits per heavy atom. The van der Waals surface area contributed by atoms with E-state index in [4.69, 9.17) is 33.0 Å². The van der Waals surface area contributed by atoms with E-state index in [2.05, 4.69) is 10.3 Å². The number of amides is 1. The van der Waals surface area contributed by atoms with E-state index in [0.717, 1.165) is 0 Å². The first-order valence-electron chi connectivity index (χ1n) is 7.48. The van der Waals surface area contributed by atoms with E-state index in [1.54, 1.807) is 6.92 Å². The molecule has 136 valence electrons. The number of hydrogen-bond donors (Lipinski definition) is 2. The van der Waals surface area contributed by atoms with E-state index >= 15 is 0 Å². The molecule has 2 aromatic rings. The first-order valence-corrected chi connectivity index (χ1v) is 8.23. The van der Waals surface area contributed by atoms with Crippen molar-refractivity contribution in [2.45, 2.75) is 19.4 Å². The highest BCUT2D eigenvalue weighted by Crippen LogP contribution is 2.24. The zero-order valence-electron chi connectivity index (χ0n) is 13.5. The number of anilines is 1. The lowest BCUT2D eigenvalue weighted by Gasteiger charge is -2.17. The van der Waals surface area contributed by atoms with Gasteiger partial charge in [0.15, 0.2) is 6.10 Å². The molecule has 0 saturated heterocycles. The number of carbonyl (C=O) groups is 3. The lowest BCUT2D eigenvalue weighted by molar-refractivity contribution is -0.124. The highest BCUT2D eigenvalue weighted by molar-refractivity contribution is 6.34. The molecule has 1 aromatic heterocycles. The summed E-state index contributed by atoms with van der Waals surface area (Å²) in [5.41, 5.74) is 0.223. The van der Waals surface area contributed by atoms with Crippen molar-refractivity contribution in [3.05, 3.63) is 57.8 Å². The van der Waals surface area contributed by atoms with Crippen molar-refractivity contribution in [1.82, 2.24) is 4.98 Å². The van der Waals surface area contributed by atoms with Crippen LogP contribution >= 0.6 is 23.2 Å². The second-order valence-corrected chi connectivity index (χ2v) is 5.95. The fraction of sp³-hybridized carbons (Fsp3) is 0.176. The van der Waals surface area contributed by atoms with E-state index in [9.17, 15) is 14.4 Å². The third-order valence-electron chi connectivity index (χ3n) is 3.35. The molecule has 0 aliphatic rings. The molecule has 1 aromatic carbocycles. The molecule has 1 atom stereocenters. The summed E-state index contributed by atoms with van der Waals surface area (Å²) in [7, 11) is 0. The molecule has 26 heavy (non-hydrogen) atoms. The van der Waals surface area contributed by atoms with Crippen LogP contribution in [0.15, 0.2) is 36.5 Å². The van der Waals surface area contributed by atoms with Gasteiger partial charge >= 0.3 is 11.9 Å². The average molecular weight is 397 g/mol. The predicted molar refractivity (Wildman–Crippen MR) is 95.8 cm³/mol. The topological polar surface area (TPSA) is 106 Å².